The zero-order valence-electron chi connectivity index (χ0n) is 17.0. The summed E-state index contributed by atoms with van der Waals surface area (Å²) >= 11 is 6.25. The van der Waals surface area contributed by atoms with E-state index in [1.54, 1.807) is 0 Å². The number of carbonyl (C=O) groups excluding carboxylic acids is 2. The van der Waals surface area contributed by atoms with Crippen molar-refractivity contribution in [1.29, 1.82) is 0 Å². The number of benzene rings is 2. The molecule has 0 unspecified atom stereocenters. The van der Waals surface area contributed by atoms with Crippen LogP contribution < -0.4 is 20.1 Å². The van der Waals surface area contributed by atoms with Crippen LogP contribution >= 0.6 is 11.6 Å². The summed E-state index contributed by atoms with van der Waals surface area (Å²) in [4.78, 5) is 24.5. The van der Waals surface area contributed by atoms with Gasteiger partial charge in [-0.15, -0.1) is 0 Å². The molecule has 0 spiro atoms. The van der Waals surface area contributed by atoms with Crippen LogP contribution in [0, 0.1) is 0 Å². The summed E-state index contributed by atoms with van der Waals surface area (Å²) in [5.74, 6) is -0.392. The topological polar surface area (TPSA) is 123 Å². The van der Waals surface area contributed by atoms with Crippen molar-refractivity contribution in [3.05, 3.63) is 40.9 Å². The van der Waals surface area contributed by atoms with E-state index in [4.69, 9.17) is 25.8 Å². The van der Waals surface area contributed by atoms with E-state index < -0.39 is 15.9 Å². The highest BCUT2D eigenvalue weighted by Gasteiger charge is 2.28. The standard InChI is InChI=1S/C20H20ClN3O7S/c1-29-17-3-2-12(32(27,28)24-4-6-30-7-5-24)8-13(17)20(26)23-15-10-18-16(9-14(15)21)22-19(25)11-31-18/h2-3,8-10H,4-7,11H2,1H3,(H,22,25)(H,23,26). The van der Waals surface area contributed by atoms with Crippen LogP contribution in [0.1, 0.15) is 10.4 Å². The molecule has 2 amide bonds. The molecule has 2 N–H and O–H groups in total. The lowest BCUT2D eigenvalue weighted by molar-refractivity contribution is -0.118. The van der Waals surface area contributed by atoms with Crippen molar-refractivity contribution in [2.75, 3.05) is 50.7 Å². The molecule has 0 bridgehead atoms. The van der Waals surface area contributed by atoms with Crippen molar-refractivity contribution in [3.8, 4) is 11.5 Å². The quantitative estimate of drug-likeness (QED) is 0.669. The second-order valence-electron chi connectivity index (χ2n) is 7.00. The van der Waals surface area contributed by atoms with Crippen LogP contribution in [0.25, 0.3) is 0 Å². The van der Waals surface area contributed by atoms with Crippen LogP contribution in [0.3, 0.4) is 0 Å². The fraction of sp³-hybridized carbons (Fsp3) is 0.300. The van der Waals surface area contributed by atoms with Crippen LogP contribution in [0.15, 0.2) is 35.2 Å². The predicted octanol–water partition coefficient (Wildman–Crippen LogP) is 1.95. The average Bonchev–Trinajstić information content (AvgIpc) is 2.79. The Morgan fingerprint density at radius 1 is 1.22 bits per heavy atom. The minimum Gasteiger partial charge on any atom is -0.496 e. The zero-order chi connectivity index (χ0) is 22.9. The van der Waals surface area contributed by atoms with Gasteiger partial charge in [-0.25, -0.2) is 8.42 Å². The number of amides is 2. The lowest BCUT2D eigenvalue weighted by atomic mass is 10.1. The SMILES string of the molecule is COc1ccc(S(=O)(=O)N2CCOCC2)cc1C(=O)Nc1cc2c(cc1Cl)NC(=O)CO2. The molecule has 2 heterocycles. The number of hydrogen-bond acceptors (Lipinski definition) is 7. The number of methoxy groups -OCH3 is 1. The van der Waals surface area contributed by atoms with Gasteiger partial charge in [-0.1, -0.05) is 11.6 Å². The average molecular weight is 482 g/mol. The van der Waals surface area contributed by atoms with Crippen LogP contribution in [-0.2, 0) is 19.6 Å². The molecule has 170 valence electrons. The minimum absolute atomic E-state index is 0.0184. The van der Waals surface area contributed by atoms with E-state index in [1.807, 2.05) is 0 Å². The third-order valence-electron chi connectivity index (χ3n) is 4.97. The van der Waals surface area contributed by atoms with E-state index in [9.17, 15) is 18.0 Å². The van der Waals surface area contributed by atoms with Crippen LogP contribution in [0.5, 0.6) is 11.5 Å². The predicted molar refractivity (Wildman–Crippen MR) is 116 cm³/mol. The summed E-state index contributed by atoms with van der Waals surface area (Å²) in [5.41, 5.74) is 0.639. The van der Waals surface area contributed by atoms with E-state index >= 15 is 0 Å². The molecule has 0 radical (unpaired) electrons. The van der Waals surface area contributed by atoms with Crippen molar-refractivity contribution in [2.45, 2.75) is 4.90 Å². The number of nitrogens with one attached hydrogen (secondary N) is 2. The Balaban J connectivity index is 1.64. The number of hydrogen-bond donors (Lipinski definition) is 2. The Morgan fingerprint density at radius 3 is 2.69 bits per heavy atom. The number of carbonyl (C=O) groups is 2. The highest BCUT2D eigenvalue weighted by atomic mass is 35.5. The Bertz CT molecular complexity index is 1180. The molecule has 2 aromatic rings. The first-order valence-electron chi connectivity index (χ1n) is 9.63. The van der Waals surface area contributed by atoms with Gasteiger partial charge in [0.2, 0.25) is 10.0 Å². The van der Waals surface area contributed by atoms with Gasteiger partial charge in [0, 0.05) is 19.2 Å². The molecular weight excluding hydrogens is 462 g/mol. The number of rotatable bonds is 5. The molecule has 2 aromatic carbocycles. The van der Waals surface area contributed by atoms with E-state index in [0.29, 0.717) is 24.7 Å². The van der Waals surface area contributed by atoms with Crippen molar-refractivity contribution in [1.82, 2.24) is 4.31 Å². The maximum atomic E-state index is 13.0. The van der Waals surface area contributed by atoms with Gasteiger partial charge < -0.3 is 24.8 Å². The first-order chi connectivity index (χ1) is 15.3. The first-order valence-corrected chi connectivity index (χ1v) is 11.4. The van der Waals surface area contributed by atoms with Crippen LogP contribution in [-0.4, -0.2) is 64.6 Å². The Hall–Kier alpha value is -2.86. The van der Waals surface area contributed by atoms with Gasteiger partial charge in [-0.3, -0.25) is 9.59 Å². The number of morpholine rings is 1. The van der Waals surface area contributed by atoms with E-state index in [-0.39, 0.29) is 52.5 Å². The summed E-state index contributed by atoms with van der Waals surface area (Å²) in [5, 5.41) is 5.44. The van der Waals surface area contributed by atoms with Crippen LogP contribution in [0.4, 0.5) is 11.4 Å². The van der Waals surface area contributed by atoms with Crippen LogP contribution in [0.2, 0.25) is 5.02 Å². The lowest BCUT2D eigenvalue weighted by Crippen LogP contribution is -2.40. The van der Waals surface area contributed by atoms with Crippen molar-refractivity contribution >= 4 is 44.8 Å². The molecule has 10 nitrogen and oxygen atoms in total. The first kappa shape index (κ1) is 22.3. The summed E-state index contributed by atoms with van der Waals surface area (Å²) in [6.07, 6.45) is 0. The maximum absolute atomic E-state index is 13.0. The summed E-state index contributed by atoms with van der Waals surface area (Å²) in [6.45, 7) is 0.926. The minimum atomic E-state index is -3.81. The molecule has 32 heavy (non-hydrogen) atoms. The van der Waals surface area contributed by atoms with Crippen molar-refractivity contribution in [2.24, 2.45) is 0 Å². The molecule has 0 atom stereocenters. The Kier molecular flexibility index (Phi) is 6.24. The largest absolute Gasteiger partial charge is 0.496 e. The number of sulfonamides is 1. The number of halogens is 1. The number of fused-ring (bicyclic) bond motifs is 1. The van der Waals surface area contributed by atoms with E-state index in [0.717, 1.165) is 0 Å². The van der Waals surface area contributed by atoms with Crippen molar-refractivity contribution in [3.63, 3.8) is 0 Å². The maximum Gasteiger partial charge on any atom is 0.262 e. The lowest BCUT2D eigenvalue weighted by Gasteiger charge is -2.26. The zero-order valence-corrected chi connectivity index (χ0v) is 18.6. The Labute approximate surface area is 189 Å². The highest BCUT2D eigenvalue weighted by Crippen LogP contribution is 2.37. The second-order valence-corrected chi connectivity index (χ2v) is 9.34. The molecule has 0 aliphatic carbocycles. The Morgan fingerprint density at radius 2 is 1.97 bits per heavy atom. The fourth-order valence-electron chi connectivity index (χ4n) is 3.35. The molecule has 4 rings (SSSR count). The number of anilines is 2. The number of ether oxygens (including phenoxy) is 3. The van der Waals surface area contributed by atoms with Gasteiger partial charge in [0.05, 0.1) is 47.2 Å². The third kappa shape index (κ3) is 4.37. The summed E-state index contributed by atoms with van der Waals surface area (Å²) < 4.78 is 43.1. The van der Waals surface area contributed by atoms with Gasteiger partial charge in [0.25, 0.3) is 11.8 Å². The fourth-order valence-corrected chi connectivity index (χ4v) is 4.99. The van der Waals surface area contributed by atoms with Gasteiger partial charge in [0.1, 0.15) is 11.5 Å². The molecule has 2 aliphatic heterocycles. The van der Waals surface area contributed by atoms with Crippen molar-refractivity contribution < 1.29 is 32.2 Å². The van der Waals surface area contributed by atoms with E-state index in [2.05, 4.69) is 10.6 Å². The van der Waals surface area contributed by atoms with Gasteiger partial charge in [-0.05, 0) is 24.3 Å². The molecule has 2 aliphatic rings. The summed E-state index contributed by atoms with van der Waals surface area (Å²) in [6, 6.07) is 7.02. The molecule has 1 fully saturated rings. The smallest absolute Gasteiger partial charge is 0.262 e. The van der Waals surface area contributed by atoms with Gasteiger partial charge >= 0.3 is 0 Å². The van der Waals surface area contributed by atoms with Gasteiger partial charge in [0.15, 0.2) is 6.61 Å². The third-order valence-corrected chi connectivity index (χ3v) is 7.18. The molecule has 1 saturated heterocycles. The molecule has 12 heteroatoms. The molecular formula is C20H20ClN3O7S. The molecule has 0 aromatic heterocycles. The normalized spacial score (nSPS) is 16.5. The number of nitrogens with zero attached hydrogens (tertiary/aromatic N) is 1. The van der Waals surface area contributed by atoms with E-state index in [1.165, 1.54) is 41.7 Å². The summed E-state index contributed by atoms with van der Waals surface area (Å²) in [7, 11) is -2.43. The second kappa shape index (κ2) is 8.94. The molecule has 0 saturated carbocycles. The van der Waals surface area contributed by atoms with Gasteiger partial charge in [-0.2, -0.15) is 4.31 Å². The monoisotopic (exact) mass is 481 g/mol. The highest BCUT2D eigenvalue weighted by molar-refractivity contribution is 7.89.